The first-order valence-corrected chi connectivity index (χ1v) is 8.88. The molecule has 0 saturated heterocycles. The molecule has 1 unspecified atom stereocenters. The number of rotatable bonds is 8. The summed E-state index contributed by atoms with van der Waals surface area (Å²) in [7, 11) is 4.89. The van der Waals surface area contributed by atoms with Crippen LogP contribution in [0.1, 0.15) is 21.5 Å². The summed E-state index contributed by atoms with van der Waals surface area (Å²) in [6.45, 7) is 1.33. The number of carbonyl (C=O) groups excluding carboxylic acids is 2. The van der Waals surface area contributed by atoms with Gasteiger partial charge in [0.25, 0.3) is 5.91 Å². The monoisotopic (exact) mass is 391 g/mol. The molecule has 144 valence electrons. The van der Waals surface area contributed by atoms with Gasteiger partial charge in [-0.25, -0.2) is 4.79 Å². The van der Waals surface area contributed by atoms with Gasteiger partial charge in [-0.05, 0) is 35.9 Å². The van der Waals surface area contributed by atoms with Crippen molar-refractivity contribution in [2.75, 3.05) is 27.8 Å². The summed E-state index contributed by atoms with van der Waals surface area (Å²) in [5, 5.41) is 3.52. The van der Waals surface area contributed by atoms with Gasteiger partial charge in [0.2, 0.25) is 0 Å². The highest BCUT2D eigenvalue weighted by atomic mass is 35.5. The van der Waals surface area contributed by atoms with Gasteiger partial charge in [-0.15, -0.1) is 0 Å². The van der Waals surface area contributed by atoms with Crippen LogP contribution in [0, 0.1) is 0 Å². The maximum absolute atomic E-state index is 12.2. The Hall–Kier alpha value is -2.57. The molecule has 0 heterocycles. The molecule has 1 amide bonds. The van der Waals surface area contributed by atoms with Gasteiger partial charge in [-0.2, -0.15) is 0 Å². The van der Waals surface area contributed by atoms with Crippen LogP contribution in [0.3, 0.4) is 0 Å². The van der Waals surface area contributed by atoms with Crippen molar-refractivity contribution < 1.29 is 24.0 Å². The fourth-order valence-electron chi connectivity index (χ4n) is 2.69. The van der Waals surface area contributed by atoms with E-state index in [9.17, 15) is 9.59 Å². The van der Waals surface area contributed by atoms with Crippen LogP contribution in [0.15, 0.2) is 42.5 Å². The molecule has 2 aromatic rings. The smallest absolute Gasteiger partial charge is 0.337 e. The number of ether oxygens (including phenoxy) is 2. The van der Waals surface area contributed by atoms with Crippen molar-refractivity contribution in [2.24, 2.45) is 0 Å². The number of esters is 1. The molecule has 0 fully saturated rings. The summed E-state index contributed by atoms with van der Waals surface area (Å²) in [5.74, 6) is 0.308. The first-order valence-electron chi connectivity index (χ1n) is 8.50. The Morgan fingerprint density at radius 3 is 2.44 bits per heavy atom. The summed E-state index contributed by atoms with van der Waals surface area (Å²) in [4.78, 5) is 24.6. The minimum absolute atomic E-state index is 0.0643. The molecule has 0 radical (unpaired) electrons. The highest BCUT2D eigenvalue weighted by molar-refractivity contribution is 6.30. The van der Waals surface area contributed by atoms with E-state index in [1.54, 1.807) is 37.4 Å². The molecule has 6 nitrogen and oxygen atoms in total. The van der Waals surface area contributed by atoms with Crippen LogP contribution in [-0.4, -0.2) is 39.7 Å². The molecule has 2 rings (SSSR count). The topological polar surface area (TPSA) is 69.1 Å². The van der Waals surface area contributed by atoms with Crippen molar-refractivity contribution in [1.29, 1.82) is 0 Å². The predicted octanol–water partition coefficient (Wildman–Crippen LogP) is 1.47. The SMILES string of the molecule is COC(=O)c1ccc(CNC(=O)C[NH+](C)Cc2cc(Cl)ccc2OC)cc1. The Labute approximate surface area is 164 Å². The van der Waals surface area contributed by atoms with E-state index in [1.807, 2.05) is 19.2 Å². The zero-order chi connectivity index (χ0) is 19.8. The molecule has 0 spiro atoms. The average Bonchev–Trinajstić information content (AvgIpc) is 2.66. The molecule has 0 aromatic heterocycles. The van der Waals surface area contributed by atoms with Crippen molar-refractivity contribution in [1.82, 2.24) is 5.32 Å². The summed E-state index contributed by atoms with van der Waals surface area (Å²) in [6, 6.07) is 12.4. The third-order valence-corrected chi connectivity index (χ3v) is 4.30. The second-order valence-corrected chi connectivity index (χ2v) is 6.67. The molecule has 0 aliphatic carbocycles. The maximum atomic E-state index is 12.2. The number of benzene rings is 2. The van der Waals surface area contributed by atoms with Crippen LogP contribution in [0.4, 0.5) is 0 Å². The number of halogens is 1. The number of carbonyl (C=O) groups is 2. The molecule has 1 atom stereocenters. The van der Waals surface area contributed by atoms with Gasteiger partial charge < -0.3 is 19.7 Å². The van der Waals surface area contributed by atoms with E-state index in [1.165, 1.54) is 7.11 Å². The third-order valence-electron chi connectivity index (χ3n) is 4.06. The second kappa shape index (κ2) is 9.94. The normalized spacial score (nSPS) is 11.6. The second-order valence-electron chi connectivity index (χ2n) is 6.23. The minimum atomic E-state index is -0.382. The maximum Gasteiger partial charge on any atom is 0.337 e. The van der Waals surface area contributed by atoms with E-state index in [-0.39, 0.29) is 11.9 Å². The zero-order valence-corrected chi connectivity index (χ0v) is 16.4. The number of nitrogens with one attached hydrogen (secondary N) is 2. The molecule has 2 aromatic carbocycles. The lowest BCUT2D eigenvalue weighted by Gasteiger charge is -2.16. The molecule has 2 N–H and O–H groups in total. The number of hydrogen-bond donors (Lipinski definition) is 2. The molecule has 7 heteroatoms. The van der Waals surface area contributed by atoms with Gasteiger partial charge >= 0.3 is 5.97 Å². The molecule has 0 bridgehead atoms. The highest BCUT2D eigenvalue weighted by Crippen LogP contribution is 2.21. The molecule has 0 aliphatic heterocycles. The fraction of sp³-hybridized carbons (Fsp3) is 0.300. The molecular weight excluding hydrogens is 368 g/mol. The summed E-state index contributed by atoms with van der Waals surface area (Å²) in [5.41, 5.74) is 2.34. The first-order chi connectivity index (χ1) is 12.9. The number of amides is 1. The molecule has 0 saturated carbocycles. The molecule has 27 heavy (non-hydrogen) atoms. The summed E-state index contributed by atoms with van der Waals surface area (Å²) >= 11 is 6.05. The van der Waals surface area contributed by atoms with Crippen LogP contribution in [0.2, 0.25) is 5.02 Å². The van der Waals surface area contributed by atoms with Crippen molar-refractivity contribution in [3.63, 3.8) is 0 Å². The molecule has 0 aliphatic rings. The van der Waals surface area contributed by atoms with Gasteiger partial charge in [0, 0.05) is 17.1 Å². The van der Waals surface area contributed by atoms with Crippen molar-refractivity contribution in [3.05, 3.63) is 64.2 Å². The van der Waals surface area contributed by atoms with Crippen molar-refractivity contribution >= 4 is 23.5 Å². The lowest BCUT2D eigenvalue weighted by Crippen LogP contribution is -3.08. The Bertz CT molecular complexity index is 793. The highest BCUT2D eigenvalue weighted by Gasteiger charge is 2.14. The Morgan fingerprint density at radius 2 is 1.81 bits per heavy atom. The number of methoxy groups -OCH3 is 2. The summed E-state index contributed by atoms with van der Waals surface area (Å²) < 4.78 is 10.0. The van der Waals surface area contributed by atoms with Crippen molar-refractivity contribution in [2.45, 2.75) is 13.1 Å². The lowest BCUT2D eigenvalue weighted by atomic mass is 10.1. The predicted molar refractivity (Wildman–Crippen MR) is 103 cm³/mol. The van der Waals surface area contributed by atoms with Gasteiger partial charge in [0.05, 0.1) is 26.8 Å². The van der Waals surface area contributed by atoms with Crippen LogP contribution in [-0.2, 0) is 22.6 Å². The van der Waals surface area contributed by atoms with E-state index in [0.717, 1.165) is 21.8 Å². The third kappa shape index (κ3) is 6.27. The minimum Gasteiger partial charge on any atom is -0.496 e. The largest absolute Gasteiger partial charge is 0.496 e. The summed E-state index contributed by atoms with van der Waals surface area (Å²) in [6.07, 6.45) is 0. The van der Waals surface area contributed by atoms with Crippen LogP contribution in [0.25, 0.3) is 0 Å². The van der Waals surface area contributed by atoms with Crippen molar-refractivity contribution in [3.8, 4) is 5.75 Å². The van der Waals surface area contributed by atoms with E-state index >= 15 is 0 Å². The standard InChI is InChI=1S/C20H23ClN2O4/c1-23(12-16-10-17(21)8-9-18(16)26-2)13-19(24)22-11-14-4-6-15(7-5-14)20(25)27-3/h4-10H,11-13H2,1-3H3,(H,22,24)/p+1. The number of quaternary nitrogens is 1. The van der Waals surface area contributed by atoms with E-state index in [0.29, 0.717) is 30.2 Å². The average molecular weight is 392 g/mol. The van der Waals surface area contributed by atoms with Gasteiger partial charge in [0.15, 0.2) is 6.54 Å². The van der Waals surface area contributed by atoms with E-state index in [4.69, 9.17) is 16.3 Å². The van der Waals surface area contributed by atoms with Crippen LogP contribution >= 0.6 is 11.6 Å². The fourth-order valence-corrected chi connectivity index (χ4v) is 2.88. The van der Waals surface area contributed by atoms with Crippen LogP contribution in [0.5, 0.6) is 5.75 Å². The zero-order valence-electron chi connectivity index (χ0n) is 15.7. The number of likely N-dealkylation sites (N-methyl/N-ethyl adjacent to an activating group) is 1. The molecular formula is C20H24ClN2O4+. The van der Waals surface area contributed by atoms with E-state index in [2.05, 4.69) is 10.1 Å². The van der Waals surface area contributed by atoms with Crippen LogP contribution < -0.4 is 15.0 Å². The lowest BCUT2D eigenvalue weighted by molar-refractivity contribution is -0.885. The Kier molecular flexibility index (Phi) is 7.64. The first kappa shape index (κ1) is 20.7. The van der Waals surface area contributed by atoms with Gasteiger partial charge in [-0.3, -0.25) is 4.79 Å². The van der Waals surface area contributed by atoms with Gasteiger partial charge in [-0.1, -0.05) is 23.7 Å². The quantitative estimate of drug-likeness (QED) is 0.668. The van der Waals surface area contributed by atoms with E-state index < -0.39 is 0 Å². The number of hydrogen-bond acceptors (Lipinski definition) is 4. The Morgan fingerprint density at radius 1 is 1.11 bits per heavy atom. The Balaban J connectivity index is 1.85. The van der Waals surface area contributed by atoms with Gasteiger partial charge in [0.1, 0.15) is 12.3 Å².